The Hall–Kier alpha value is -2.18. The molecule has 0 spiro atoms. The monoisotopic (exact) mass is 329 g/mol. The average Bonchev–Trinajstić information content (AvgIpc) is 3.10. The first kappa shape index (κ1) is 16.7. The predicted octanol–water partition coefficient (Wildman–Crippen LogP) is 1.62. The number of aliphatic hydroxyl groups is 1. The van der Waals surface area contributed by atoms with Gasteiger partial charge in [0.1, 0.15) is 0 Å². The molecular weight excluding hydrogens is 306 g/mol. The molecule has 24 heavy (non-hydrogen) atoms. The minimum Gasteiger partial charge on any atom is -0.467 e. The largest absolute Gasteiger partial charge is 0.467 e. The fourth-order valence-corrected chi connectivity index (χ4v) is 3.14. The van der Waals surface area contributed by atoms with Gasteiger partial charge in [0.05, 0.1) is 18.5 Å². The second-order valence-electron chi connectivity index (χ2n) is 6.17. The molecule has 0 saturated carbocycles. The quantitative estimate of drug-likeness (QED) is 0.844. The van der Waals surface area contributed by atoms with Crippen LogP contribution in [0, 0.1) is 5.92 Å². The zero-order valence-electron chi connectivity index (χ0n) is 13.8. The van der Waals surface area contributed by atoms with E-state index in [-0.39, 0.29) is 5.92 Å². The van der Waals surface area contributed by atoms with Crippen LogP contribution in [0.1, 0.15) is 18.5 Å². The SMILES string of the molecule is COC(=O)C(O)C1CCN(Cc2ccn(-c3ccccc3)n2)CC1. The lowest BCUT2D eigenvalue weighted by molar-refractivity contribution is -0.154. The number of aliphatic hydroxyl groups excluding tert-OH is 1. The van der Waals surface area contributed by atoms with Gasteiger partial charge in [-0.25, -0.2) is 9.48 Å². The van der Waals surface area contributed by atoms with Gasteiger partial charge in [-0.15, -0.1) is 0 Å². The van der Waals surface area contributed by atoms with Gasteiger partial charge in [0, 0.05) is 12.7 Å². The van der Waals surface area contributed by atoms with Gasteiger partial charge in [0.15, 0.2) is 6.10 Å². The van der Waals surface area contributed by atoms with Gasteiger partial charge >= 0.3 is 5.97 Å². The molecule has 1 saturated heterocycles. The van der Waals surface area contributed by atoms with Gasteiger partial charge in [0.25, 0.3) is 0 Å². The zero-order valence-corrected chi connectivity index (χ0v) is 13.8. The topological polar surface area (TPSA) is 67.6 Å². The van der Waals surface area contributed by atoms with Crippen LogP contribution in [-0.4, -0.2) is 52.1 Å². The van der Waals surface area contributed by atoms with Crippen molar-refractivity contribution in [3.63, 3.8) is 0 Å². The van der Waals surface area contributed by atoms with E-state index in [9.17, 15) is 9.90 Å². The van der Waals surface area contributed by atoms with Crippen molar-refractivity contribution in [3.8, 4) is 5.69 Å². The van der Waals surface area contributed by atoms with Crippen LogP contribution in [0.3, 0.4) is 0 Å². The molecule has 1 atom stereocenters. The van der Waals surface area contributed by atoms with Crippen LogP contribution in [0.25, 0.3) is 5.69 Å². The van der Waals surface area contributed by atoms with Gasteiger partial charge < -0.3 is 9.84 Å². The second kappa shape index (κ2) is 7.59. The smallest absolute Gasteiger partial charge is 0.334 e. The number of aromatic nitrogens is 2. The first-order valence-electron chi connectivity index (χ1n) is 8.25. The lowest BCUT2D eigenvalue weighted by Crippen LogP contribution is -2.40. The van der Waals surface area contributed by atoms with E-state index in [0.29, 0.717) is 0 Å². The summed E-state index contributed by atoms with van der Waals surface area (Å²) >= 11 is 0. The maximum Gasteiger partial charge on any atom is 0.334 e. The van der Waals surface area contributed by atoms with Gasteiger partial charge in [-0.05, 0) is 50.0 Å². The van der Waals surface area contributed by atoms with Crippen LogP contribution in [0.2, 0.25) is 0 Å². The molecule has 1 aromatic heterocycles. The van der Waals surface area contributed by atoms with Crippen LogP contribution in [0.5, 0.6) is 0 Å². The molecular formula is C18H23N3O3. The third-order valence-corrected chi connectivity index (χ3v) is 4.57. The van der Waals surface area contributed by atoms with E-state index in [1.165, 1.54) is 7.11 Å². The van der Waals surface area contributed by atoms with Crippen molar-refractivity contribution in [3.05, 3.63) is 48.3 Å². The molecule has 0 bridgehead atoms. The van der Waals surface area contributed by atoms with E-state index < -0.39 is 12.1 Å². The Morgan fingerprint density at radius 3 is 2.67 bits per heavy atom. The van der Waals surface area contributed by atoms with Gasteiger partial charge in [-0.1, -0.05) is 18.2 Å². The van der Waals surface area contributed by atoms with E-state index in [1.54, 1.807) is 0 Å². The normalized spacial score (nSPS) is 17.6. The summed E-state index contributed by atoms with van der Waals surface area (Å²) < 4.78 is 6.50. The second-order valence-corrected chi connectivity index (χ2v) is 6.17. The molecule has 0 radical (unpaired) electrons. The Morgan fingerprint density at radius 2 is 2.00 bits per heavy atom. The summed E-state index contributed by atoms with van der Waals surface area (Å²) in [7, 11) is 1.31. The molecule has 2 aromatic rings. The minimum atomic E-state index is -1.01. The van der Waals surface area contributed by atoms with Gasteiger partial charge in [-0.3, -0.25) is 4.90 Å². The third-order valence-electron chi connectivity index (χ3n) is 4.57. The summed E-state index contributed by atoms with van der Waals surface area (Å²) in [6.07, 6.45) is 2.54. The van der Waals surface area contributed by atoms with Gasteiger partial charge in [0.2, 0.25) is 0 Å². The Morgan fingerprint density at radius 1 is 1.29 bits per heavy atom. The summed E-state index contributed by atoms with van der Waals surface area (Å²) in [6.45, 7) is 2.47. The summed E-state index contributed by atoms with van der Waals surface area (Å²) in [6, 6.07) is 12.1. The molecule has 1 aliphatic heterocycles. The molecule has 1 fully saturated rings. The predicted molar refractivity (Wildman–Crippen MR) is 89.6 cm³/mol. The number of hydrogen-bond acceptors (Lipinski definition) is 5. The number of esters is 1. The number of likely N-dealkylation sites (tertiary alicyclic amines) is 1. The fraction of sp³-hybridized carbons (Fsp3) is 0.444. The van der Waals surface area contributed by atoms with E-state index >= 15 is 0 Å². The number of nitrogens with zero attached hydrogens (tertiary/aromatic N) is 3. The summed E-state index contributed by atoms with van der Waals surface area (Å²) in [5.74, 6) is -0.550. The number of hydrogen-bond donors (Lipinski definition) is 1. The Balaban J connectivity index is 1.54. The van der Waals surface area contributed by atoms with E-state index in [0.717, 1.165) is 43.9 Å². The van der Waals surface area contributed by atoms with E-state index in [1.807, 2.05) is 47.3 Å². The molecule has 6 nitrogen and oxygen atoms in total. The number of para-hydroxylation sites is 1. The van der Waals surface area contributed by atoms with Crippen LogP contribution in [0.4, 0.5) is 0 Å². The van der Waals surface area contributed by atoms with Crippen LogP contribution in [-0.2, 0) is 16.1 Å². The highest BCUT2D eigenvalue weighted by atomic mass is 16.5. The molecule has 0 amide bonds. The Bertz CT molecular complexity index is 663. The van der Waals surface area contributed by atoms with Crippen molar-refractivity contribution in [2.75, 3.05) is 20.2 Å². The number of ether oxygens (including phenoxy) is 1. The molecule has 1 aromatic carbocycles. The van der Waals surface area contributed by atoms with Gasteiger partial charge in [-0.2, -0.15) is 5.10 Å². The van der Waals surface area contributed by atoms with Crippen molar-refractivity contribution < 1.29 is 14.6 Å². The number of carbonyl (C=O) groups is 1. The van der Waals surface area contributed by atoms with Crippen molar-refractivity contribution in [1.29, 1.82) is 0 Å². The van der Waals surface area contributed by atoms with Crippen molar-refractivity contribution >= 4 is 5.97 Å². The lowest BCUT2D eigenvalue weighted by Gasteiger charge is -2.32. The van der Waals surface area contributed by atoms with E-state index in [2.05, 4.69) is 14.7 Å². The van der Waals surface area contributed by atoms with Crippen LogP contribution < -0.4 is 0 Å². The first-order valence-corrected chi connectivity index (χ1v) is 8.25. The first-order chi connectivity index (χ1) is 11.7. The van der Waals surface area contributed by atoms with Crippen molar-refractivity contribution in [1.82, 2.24) is 14.7 Å². The number of carbonyl (C=O) groups excluding carboxylic acids is 1. The molecule has 3 rings (SSSR count). The fourth-order valence-electron chi connectivity index (χ4n) is 3.14. The highest BCUT2D eigenvalue weighted by molar-refractivity contribution is 5.74. The maximum absolute atomic E-state index is 11.4. The highest BCUT2D eigenvalue weighted by Crippen LogP contribution is 2.22. The molecule has 2 heterocycles. The molecule has 1 N–H and O–H groups in total. The molecule has 128 valence electrons. The van der Waals surface area contributed by atoms with Crippen LogP contribution >= 0.6 is 0 Å². The van der Waals surface area contributed by atoms with Crippen molar-refractivity contribution in [2.24, 2.45) is 5.92 Å². The standard InChI is InChI=1S/C18H23N3O3/c1-24-18(23)17(22)14-7-10-20(11-8-14)13-15-9-12-21(19-15)16-5-3-2-4-6-16/h2-6,9,12,14,17,22H,7-8,10-11,13H2,1H3. The zero-order chi connectivity index (χ0) is 16.9. The summed E-state index contributed by atoms with van der Waals surface area (Å²) in [4.78, 5) is 13.7. The molecule has 6 heteroatoms. The summed E-state index contributed by atoms with van der Waals surface area (Å²) in [5, 5.41) is 14.6. The van der Waals surface area contributed by atoms with Crippen molar-refractivity contribution in [2.45, 2.75) is 25.5 Å². The number of benzene rings is 1. The van der Waals surface area contributed by atoms with E-state index in [4.69, 9.17) is 0 Å². The minimum absolute atomic E-state index is 0.0180. The molecule has 0 aliphatic carbocycles. The Kier molecular flexibility index (Phi) is 5.27. The number of piperidine rings is 1. The number of methoxy groups -OCH3 is 1. The maximum atomic E-state index is 11.4. The third kappa shape index (κ3) is 3.83. The Labute approximate surface area is 141 Å². The molecule has 1 aliphatic rings. The lowest BCUT2D eigenvalue weighted by atomic mass is 9.91. The molecule has 1 unspecified atom stereocenters. The summed E-state index contributed by atoms with van der Waals surface area (Å²) in [5.41, 5.74) is 2.06. The number of rotatable bonds is 5. The van der Waals surface area contributed by atoms with Crippen LogP contribution in [0.15, 0.2) is 42.6 Å². The highest BCUT2D eigenvalue weighted by Gasteiger charge is 2.30. The average molecular weight is 329 g/mol.